The van der Waals surface area contributed by atoms with Crippen LogP contribution in [0.1, 0.15) is 24.5 Å². The molecule has 0 atom stereocenters. The molecule has 0 saturated heterocycles. The van der Waals surface area contributed by atoms with Gasteiger partial charge in [-0.1, -0.05) is 18.2 Å². The zero-order chi connectivity index (χ0) is 14.7. The van der Waals surface area contributed by atoms with Crippen molar-refractivity contribution >= 4 is 5.57 Å². The molecule has 0 saturated carbocycles. The van der Waals surface area contributed by atoms with Gasteiger partial charge >= 0.3 is 0 Å². The summed E-state index contributed by atoms with van der Waals surface area (Å²) in [4.78, 5) is 0. The van der Waals surface area contributed by atoms with Crippen LogP contribution in [0, 0.1) is 6.92 Å². The van der Waals surface area contributed by atoms with E-state index in [0.29, 0.717) is 6.42 Å². The summed E-state index contributed by atoms with van der Waals surface area (Å²) < 4.78 is 10.2. The second-order valence-electron chi connectivity index (χ2n) is 4.86. The van der Waals surface area contributed by atoms with Crippen LogP contribution >= 0.6 is 0 Å². The maximum atomic E-state index is 9.69. The van der Waals surface area contributed by atoms with Crippen LogP contribution in [0.2, 0.25) is 0 Å². The third kappa shape index (κ3) is 2.72. The zero-order valence-electron chi connectivity index (χ0n) is 12.4. The standard InChI is InChI=1S/C17H20O3/c1-11-9-13(5-7-15(11)17(18)20-4)14-6-8-16(19-3)12(2)10-14/h5-6,8-10,18H,7H2,1-4H3. The molecule has 20 heavy (non-hydrogen) atoms. The molecule has 0 aromatic heterocycles. The highest BCUT2D eigenvalue weighted by Crippen LogP contribution is 2.31. The van der Waals surface area contributed by atoms with E-state index < -0.39 is 0 Å². The van der Waals surface area contributed by atoms with Crippen LogP contribution in [0.5, 0.6) is 5.75 Å². The van der Waals surface area contributed by atoms with Crippen LogP contribution in [0.3, 0.4) is 0 Å². The summed E-state index contributed by atoms with van der Waals surface area (Å²) in [6.07, 6.45) is 4.83. The quantitative estimate of drug-likeness (QED) is 0.840. The van der Waals surface area contributed by atoms with Crippen LogP contribution in [0.4, 0.5) is 0 Å². The average molecular weight is 272 g/mol. The molecule has 0 aliphatic heterocycles. The number of ether oxygens (including phenoxy) is 2. The monoisotopic (exact) mass is 272 g/mol. The first-order valence-electron chi connectivity index (χ1n) is 6.56. The Bertz CT molecular complexity index is 607. The predicted octanol–water partition coefficient (Wildman–Crippen LogP) is 4.15. The number of hydrogen-bond donors (Lipinski definition) is 1. The first-order valence-corrected chi connectivity index (χ1v) is 6.56. The second-order valence-corrected chi connectivity index (χ2v) is 4.86. The van der Waals surface area contributed by atoms with Gasteiger partial charge in [0.25, 0.3) is 5.95 Å². The van der Waals surface area contributed by atoms with E-state index >= 15 is 0 Å². The van der Waals surface area contributed by atoms with Gasteiger partial charge < -0.3 is 14.6 Å². The maximum absolute atomic E-state index is 9.69. The molecule has 1 N–H and O–H groups in total. The SMILES string of the molecule is COC(O)=C1CC=C(c2ccc(OC)c(C)c2)C=C1C. The summed E-state index contributed by atoms with van der Waals surface area (Å²) in [6.45, 7) is 4.01. The van der Waals surface area contributed by atoms with Crippen molar-refractivity contribution in [3.63, 3.8) is 0 Å². The zero-order valence-corrected chi connectivity index (χ0v) is 12.4. The van der Waals surface area contributed by atoms with E-state index in [4.69, 9.17) is 9.47 Å². The lowest BCUT2D eigenvalue weighted by molar-refractivity contribution is 0.131. The average Bonchev–Trinajstić information content (AvgIpc) is 2.46. The molecule has 0 unspecified atom stereocenters. The van der Waals surface area contributed by atoms with Gasteiger partial charge in [0.2, 0.25) is 0 Å². The second kappa shape index (κ2) is 5.87. The van der Waals surface area contributed by atoms with Gasteiger partial charge in [-0.15, -0.1) is 0 Å². The molecule has 1 aliphatic rings. The number of methoxy groups -OCH3 is 2. The fourth-order valence-corrected chi connectivity index (χ4v) is 2.39. The molecule has 3 nitrogen and oxygen atoms in total. The minimum Gasteiger partial charge on any atom is -0.496 e. The predicted molar refractivity (Wildman–Crippen MR) is 80.7 cm³/mol. The Morgan fingerprint density at radius 3 is 2.50 bits per heavy atom. The highest BCUT2D eigenvalue weighted by atomic mass is 16.6. The van der Waals surface area contributed by atoms with Gasteiger partial charge in [-0.05, 0) is 54.7 Å². The van der Waals surface area contributed by atoms with Crippen LogP contribution in [-0.2, 0) is 4.74 Å². The van der Waals surface area contributed by atoms with Crippen molar-refractivity contribution in [1.29, 1.82) is 0 Å². The molecule has 2 rings (SSSR count). The first-order chi connectivity index (χ1) is 9.56. The van der Waals surface area contributed by atoms with E-state index in [-0.39, 0.29) is 5.95 Å². The Morgan fingerprint density at radius 2 is 1.95 bits per heavy atom. The number of benzene rings is 1. The van der Waals surface area contributed by atoms with Crippen molar-refractivity contribution in [2.45, 2.75) is 20.3 Å². The van der Waals surface area contributed by atoms with Gasteiger partial charge in [-0.25, -0.2) is 0 Å². The van der Waals surface area contributed by atoms with Crippen LogP contribution in [0.15, 0.2) is 47.4 Å². The number of hydrogen-bond acceptors (Lipinski definition) is 3. The highest BCUT2D eigenvalue weighted by molar-refractivity contribution is 5.78. The molecule has 0 amide bonds. The Labute approximate surface area is 119 Å². The van der Waals surface area contributed by atoms with Gasteiger partial charge in [0.1, 0.15) is 5.75 Å². The molecule has 1 aliphatic carbocycles. The lowest BCUT2D eigenvalue weighted by Crippen LogP contribution is -2.00. The van der Waals surface area contributed by atoms with Gasteiger partial charge in [0.15, 0.2) is 0 Å². The van der Waals surface area contributed by atoms with Crippen molar-refractivity contribution in [2.24, 2.45) is 0 Å². The Kier molecular flexibility index (Phi) is 4.18. The minimum atomic E-state index is -0.0000357. The van der Waals surface area contributed by atoms with Crippen molar-refractivity contribution in [2.75, 3.05) is 14.2 Å². The third-order valence-corrected chi connectivity index (χ3v) is 3.55. The molecule has 0 heterocycles. The van der Waals surface area contributed by atoms with Gasteiger partial charge in [0, 0.05) is 5.57 Å². The fraction of sp³-hybridized carbons (Fsp3) is 0.294. The van der Waals surface area contributed by atoms with E-state index in [1.807, 2.05) is 26.0 Å². The number of rotatable bonds is 3. The number of aliphatic hydroxyl groups is 1. The van der Waals surface area contributed by atoms with Gasteiger partial charge in [0.05, 0.1) is 14.2 Å². The number of aliphatic hydroxyl groups excluding tert-OH is 1. The third-order valence-electron chi connectivity index (χ3n) is 3.55. The lowest BCUT2D eigenvalue weighted by atomic mass is 9.91. The van der Waals surface area contributed by atoms with E-state index in [1.54, 1.807) is 7.11 Å². The summed E-state index contributed by atoms with van der Waals surface area (Å²) in [5.74, 6) is 0.892. The van der Waals surface area contributed by atoms with E-state index in [1.165, 1.54) is 7.11 Å². The largest absolute Gasteiger partial charge is 0.496 e. The van der Waals surface area contributed by atoms with Crippen LogP contribution in [-0.4, -0.2) is 19.3 Å². The minimum absolute atomic E-state index is 0.0000357. The maximum Gasteiger partial charge on any atom is 0.280 e. The Balaban J connectivity index is 2.33. The molecule has 0 bridgehead atoms. The molecule has 0 radical (unpaired) electrons. The highest BCUT2D eigenvalue weighted by Gasteiger charge is 2.14. The molecule has 0 fully saturated rings. The number of allylic oxidation sites excluding steroid dienone is 5. The fourth-order valence-electron chi connectivity index (χ4n) is 2.39. The molecule has 106 valence electrons. The summed E-state index contributed by atoms with van der Waals surface area (Å²) in [7, 11) is 3.15. The Morgan fingerprint density at radius 1 is 1.20 bits per heavy atom. The van der Waals surface area contributed by atoms with Crippen molar-refractivity contribution in [3.8, 4) is 5.75 Å². The molecule has 1 aromatic carbocycles. The van der Waals surface area contributed by atoms with Crippen molar-refractivity contribution in [1.82, 2.24) is 0 Å². The van der Waals surface area contributed by atoms with Gasteiger partial charge in [-0.3, -0.25) is 0 Å². The molecule has 1 aromatic rings. The molecular weight excluding hydrogens is 252 g/mol. The lowest BCUT2D eigenvalue weighted by Gasteiger charge is -2.16. The molecule has 0 spiro atoms. The van der Waals surface area contributed by atoms with Crippen molar-refractivity contribution in [3.05, 3.63) is 58.6 Å². The molecular formula is C17H20O3. The van der Waals surface area contributed by atoms with E-state index in [2.05, 4.69) is 18.2 Å². The van der Waals surface area contributed by atoms with E-state index in [0.717, 1.165) is 33.6 Å². The number of aryl methyl sites for hydroxylation is 1. The van der Waals surface area contributed by atoms with Crippen molar-refractivity contribution < 1.29 is 14.6 Å². The first kappa shape index (κ1) is 14.3. The summed E-state index contributed by atoms with van der Waals surface area (Å²) in [5.41, 5.74) is 5.27. The van der Waals surface area contributed by atoms with Gasteiger partial charge in [-0.2, -0.15) is 0 Å². The smallest absolute Gasteiger partial charge is 0.280 e. The van der Waals surface area contributed by atoms with Crippen LogP contribution in [0.25, 0.3) is 5.57 Å². The normalized spacial score (nSPS) is 17.2. The summed E-state index contributed by atoms with van der Waals surface area (Å²) >= 11 is 0. The summed E-state index contributed by atoms with van der Waals surface area (Å²) in [5, 5.41) is 9.69. The van der Waals surface area contributed by atoms with E-state index in [9.17, 15) is 5.11 Å². The molecule has 3 heteroatoms. The van der Waals surface area contributed by atoms with Crippen LogP contribution < -0.4 is 4.74 Å². The summed E-state index contributed by atoms with van der Waals surface area (Å²) in [6, 6.07) is 6.14. The Hall–Kier alpha value is -2.16. The topological polar surface area (TPSA) is 38.7 Å².